The Bertz CT molecular complexity index is 1220. The molecule has 1 amide bonds. The molecule has 0 spiro atoms. The number of sulfone groups is 1. The molecule has 7 nitrogen and oxygen atoms in total. The van der Waals surface area contributed by atoms with Gasteiger partial charge in [-0.3, -0.25) is 4.79 Å². The Balaban J connectivity index is 1.93. The van der Waals surface area contributed by atoms with E-state index in [9.17, 15) is 13.2 Å². The molecule has 2 aromatic carbocycles. The fourth-order valence-corrected chi connectivity index (χ4v) is 5.17. The molecule has 0 atom stereocenters. The van der Waals surface area contributed by atoms with Crippen LogP contribution in [0.2, 0.25) is 0 Å². The van der Waals surface area contributed by atoms with Gasteiger partial charge >= 0.3 is 0 Å². The van der Waals surface area contributed by atoms with E-state index in [1.165, 1.54) is 0 Å². The summed E-state index contributed by atoms with van der Waals surface area (Å²) < 4.78 is 33.4. The fourth-order valence-electron chi connectivity index (χ4n) is 3.67. The number of hydrogen-bond donors (Lipinski definition) is 0. The normalized spacial score (nSPS) is 11.4. The van der Waals surface area contributed by atoms with Crippen molar-refractivity contribution in [3.05, 3.63) is 90.3 Å². The second kappa shape index (κ2) is 11.2. The molecule has 0 fully saturated rings. The summed E-state index contributed by atoms with van der Waals surface area (Å²) in [5.74, 6) is 0.524. The van der Waals surface area contributed by atoms with Gasteiger partial charge in [0.05, 0.1) is 31.3 Å². The Labute approximate surface area is 201 Å². The quantitative estimate of drug-likeness (QED) is 0.380. The highest BCUT2D eigenvalue weighted by molar-refractivity contribution is 7.90. The Kier molecular flexibility index (Phi) is 8.28. The fraction of sp³-hybridized carbons (Fsp3) is 0.308. The Morgan fingerprint density at radius 3 is 2.41 bits per heavy atom. The monoisotopic (exact) mass is 481 g/mol. The minimum absolute atomic E-state index is 0.0236. The Morgan fingerprint density at radius 2 is 1.82 bits per heavy atom. The van der Waals surface area contributed by atoms with Gasteiger partial charge in [0.2, 0.25) is 15.0 Å². The lowest BCUT2D eigenvalue weighted by molar-refractivity contribution is 0.0758. The van der Waals surface area contributed by atoms with Gasteiger partial charge in [0, 0.05) is 18.7 Å². The molecule has 0 bridgehead atoms. The van der Waals surface area contributed by atoms with Gasteiger partial charge in [0.1, 0.15) is 5.75 Å². The highest BCUT2D eigenvalue weighted by Crippen LogP contribution is 2.21. The lowest BCUT2D eigenvalue weighted by Gasteiger charge is -2.23. The third kappa shape index (κ3) is 6.14. The molecule has 0 N–H and O–H groups in total. The van der Waals surface area contributed by atoms with Crippen molar-refractivity contribution in [2.24, 2.45) is 5.92 Å². The zero-order valence-corrected chi connectivity index (χ0v) is 20.7. The molecule has 3 aromatic rings. The number of ether oxygens (including phenoxy) is 1. The molecule has 0 aliphatic rings. The van der Waals surface area contributed by atoms with Crippen LogP contribution in [0.3, 0.4) is 0 Å². The van der Waals surface area contributed by atoms with E-state index in [-0.39, 0.29) is 29.3 Å². The van der Waals surface area contributed by atoms with Crippen LogP contribution in [0.25, 0.3) is 0 Å². The molecular weight excluding hydrogens is 450 g/mol. The predicted molar refractivity (Wildman–Crippen MR) is 132 cm³/mol. The first-order chi connectivity index (χ1) is 16.2. The lowest BCUT2D eigenvalue weighted by atomic mass is 10.2. The number of amides is 1. The number of carbonyl (C=O) groups excluding carboxylic acids is 1. The Hall–Kier alpha value is -3.39. The largest absolute Gasteiger partial charge is 0.497 e. The van der Waals surface area contributed by atoms with E-state index in [1.54, 1.807) is 65.2 Å². The number of imidazole rings is 1. The van der Waals surface area contributed by atoms with Crippen LogP contribution in [0.1, 0.15) is 35.5 Å². The van der Waals surface area contributed by atoms with Gasteiger partial charge in [-0.2, -0.15) is 0 Å². The van der Waals surface area contributed by atoms with Crippen molar-refractivity contribution in [2.45, 2.75) is 37.8 Å². The number of rotatable bonds is 11. The van der Waals surface area contributed by atoms with Crippen molar-refractivity contribution in [2.75, 3.05) is 13.7 Å². The highest BCUT2D eigenvalue weighted by atomic mass is 32.2. The van der Waals surface area contributed by atoms with Crippen molar-refractivity contribution in [1.29, 1.82) is 0 Å². The second-order valence-electron chi connectivity index (χ2n) is 8.48. The molecule has 1 aromatic heterocycles. The molecule has 1 heterocycles. The van der Waals surface area contributed by atoms with E-state index in [0.717, 1.165) is 0 Å². The number of nitrogens with zero attached hydrogens (tertiary/aromatic N) is 3. The van der Waals surface area contributed by atoms with Crippen LogP contribution < -0.4 is 4.74 Å². The van der Waals surface area contributed by atoms with Crippen LogP contribution in [-0.2, 0) is 28.7 Å². The summed E-state index contributed by atoms with van der Waals surface area (Å²) in [7, 11) is -2.11. The van der Waals surface area contributed by atoms with Gasteiger partial charge in [-0.25, -0.2) is 13.4 Å². The molecule has 0 aliphatic carbocycles. The van der Waals surface area contributed by atoms with Crippen molar-refractivity contribution in [3.63, 3.8) is 0 Å². The zero-order valence-electron chi connectivity index (χ0n) is 19.8. The molecule has 0 radical (unpaired) electrons. The van der Waals surface area contributed by atoms with E-state index in [4.69, 9.17) is 4.74 Å². The predicted octanol–water partition coefficient (Wildman–Crippen LogP) is 4.35. The minimum Gasteiger partial charge on any atom is -0.497 e. The van der Waals surface area contributed by atoms with Crippen LogP contribution in [0.15, 0.2) is 78.6 Å². The van der Waals surface area contributed by atoms with Gasteiger partial charge in [-0.05, 0) is 35.7 Å². The molecule has 8 heteroatoms. The van der Waals surface area contributed by atoms with E-state index < -0.39 is 9.84 Å². The van der Waals surface area contributed by atoms with E-state index in [0.29, 0.717) is 35.7 Å². The zero-order chi connectivity index (χ0) is 24.7. The van der Waals surface area contributed by atoms with Gasteiger partial charge in [0.25, 0.3) is 5.91 Å². The number of hydrogen-bond acceptors (Lipinski definition) is 5. The molecule has 0 unspecified atom stereocenters. The SMILES string of the molecule is C=CCN(Cc1cnc(S(=O)(=O)Cc2ccccc2)n1CC(C)C)C(=O)c1ccc(OC)cc1. The first-order valence-electron chi connectivity index (χ1n) is 11.1. The second-order valence-corrected chi connectivity index (χ2v) is 10.4. The standard InChI is InChI=1S/C26H31N3O4S/c1-5-15-28(25(30)22-11-13-24(33-4)14-12-22)18-23-16-27-26(29(23)17-20(2)3)34(31,32)19-21-9-7-6-8-10-21/h5-14,16,20H,1,15,17-19H2,2-4H3. The number of carbonyl (C=O) groups is 1. The first-order valence-corrected chi connectivity index (χ1v) is 12.8. The summed E-state index contributed by atoms with van der Waals surface area (Å²) >= 11 is 0. The summed E-state index contributed by atoms with van der Waals surface area (Å²) in [6.45, 7) is 8.79. The first kappa shape index (κ1) is 25.2. The van der Waals surface area contributed by atoms with Gasteiger partial charge < -0.3 is 14.2 Å². The van der Waals surface area contributed by atoms with Crippen LogP contribution in [0.5, 0.6) is 5.75 Å². The number of aromatic nitrogens is 2. The minimum atomic E-state index is -3.68. The van der Waals surface area contributed by atoms with Crippen LogP contribution in [-0.4, -0.2) is 42.4 Å². The Morgan fingerprint density at radius 1 is 1.15 bits per heavy atom. The molecule has 0 aliphatic heterocycles. The van der Waals surface area contributed by atoms with Gasteiger partial charge in [-0.15, -0.1) is 6.58 Å². The van der Waals surface area contributed by atoms with Gasteiger partial charge in [-0.1, -0.05) is 50.3 Å². The maximum atomic E-state index is 13.3. The molecule has 3 rings (SSSR count). The third-order valence-corrected chi connectivity index (χ3v) is 6.85. The molecule has 0 saturated carbocycles. The van der Waals surface area contributed by atoms with Crippen LogP contribution in [0, 0.1) is 5.92 Å². The topological polar surface area (TPSA) is 81.5 Å². The third-order valence-electron chi connectivity index (χ3n) is 5.25. The van der Waals surface area contributed by atoms with E-state index in [2.05, 4.69) is 11.6 Å². The average Bonchev–Trinajstić information content (AvgIpc) is 3.21. The summed E-state index contributed by atoms with van der Waals surface area (Å²) in [6, 6.07) is 15.9. The van der Waals surface area contributed by atoms with Gasteiger partial charge in [0.15, 0.2) is 0 Å². The van der Waals surface area contributed by atoms with Crippen LogP contribution in [0.4, 0.5) is 0 Å². The number of methoxy groups -OCH3 is 1. The highest BCUT2D eigenvalue weighted by Gasteiger charge is 2.26. The summed E-state index contributed by atoms with van der Waals surface area (Å²) in [6.07, 6.45) is 3.20. The summed E-state index contributed by atoms with van der Waals surface area (Å²) in [5.41, 5.74) is 1.87. The van der Waals surface area contributed by atoms with Crippen molar-refractivity contribution in [1.82, 2.24) is 14.5 Å². The van der Waals surface area contributed by atoms with Crippen molar-refractivity contribution < 1.29 is 17.9 Å². The molecular formula is C26H31N3O4S. The summed E-state index contributed by atoms with van der Waals surface area (Å²) in [5, 5.41) is 0.0236. The van der Waals surface area contributed by atoms with E-state index in [1.807, 2.05) is 32.0 Å². The van der Waals surface area contributed by atoms with Crippen LogP contribution >= 0.6 is 0 Å². The van der Waals surface area contributed by atoms with Crippen molar-refractivity contribution in [3.8, 4) is 5.75 Å². The number of benzene rings is 2. The maximum absolute atomic E-state index is 13.3. The molecule has 180 valence electrons. The smallest absolute Gasteiger partial charge is 0.254 e. The van der Waals surface area contributed by atoms with E-state index >= 15 is 0 Å². The van der Waals surface area contributed by atoms with Crippen molar-refractivity contribution >= 4 is 15.7 Å². The molecule has 0 saturated heterocycles. The molecule has 34 heavy (non-hydrogen) atoms. The average molecular weight is 482 g/mol. The lowest BCUT2D eigenvalue weighted by Crippen LogP contribution is -2.32. The summed E-state index contributed by atoms with van der Waals surface area (Å²) in [4.78, 5) is 19.1. The maximum Gasteiger partial charge on any atom is 0.254 e.